The number of carbonyl (C=O) groups excluding carboxylic acids is 1. The maximum absolute atomic E-state index is 13.3. The van der Waals surface area contributed by atoms with Crippen LogP contribution in [-0.2, 0) is 19.6 Å². The van der Waals surface area contributed by atoms with Gasteiger partial charge in [-0.25, -0.2) is 8.42 Å². The van der Waals surface area contributed by atoms with Crippen LogP contribution in [0.1, 0.15) is 36.0 Å². The van der Waals surface area contributed by atoms with E-state index in [0.717, 1.165) is 5.56 Å². The van der Waals surface area contributed by atoms with Gasteiger partial charge in [0, 0.05) is 20.1 Å². The number of carbonyl (C=O) groups is 2. The molecule has 1 fully saturated rings. The van der Waals surface area contributed by atoms with Crippen LogP contribution in [0.4, 0.5) is 0 Å². The van der Waals surface area contributed by atoms with E-state index in [2.05, 4.69) is 0 Å². The average Bonchev–Trinajstić information content (AvgIpc) is 3.00. The highest BCUT2D eigenvalue weighted by molar-refractivity contribution is 7.89. The van der Waals surface area contributed by atoms with Crippen molar-refractivity contribution in [2.24, 2.45) is 0 Å². The Labute approximate surface area is 154 Å². The number of carboxylic acids is 1. The van der Waals surface area contributed by atoms with Crippen LogP contribution in [0, 0.1) is 20.8 Å². The van der Waals surface area contributed by atoms with Gasteiger partial charge in [-0.05, 0) is 44.7 Å². The number of aryl methyl sites for hydroxylation is 3. The highest BCUT2D eigenvalue weighted by Gasteiger charge is 2.41. The summed E-state index contributed by atoms with van der Waals surface area (Å²) < 4.78 is 27.8. The Morgan fingerprint density at radius 3 is 2.35 bits per heavy atom. The first-order chi connectivity index (χ1) is 12.1. The number of aliphatic carboxylic acids is 1. The van der Waals surface area contributed by atoms with E-state index < -0.39 is 22.0 Å². The van der Waals surface area contributed by atoms with Gasteiger partial charge in [0.2, 0.25) is 15.9 Å². The summed E-state index contributed by atoms with van der Waals surface area (Å²) in [7, 11) is -2.30. The van der Waals surface area contributed by atoms with E-state index in [9.17, 15) is 18.0 Å². The largest absolute Gasteiger partial charge is 0.481 e. The van der Waals surface area contributed by atoms with E-state index >= 15 is 0 Å². The van der Waals surface area contributed by atoms with Crippen molar-refractivity contribution in [3.8, 4) is 0 Å². The first kappa shape index (κ1) is 20.4. The van der Waals surface area contributed by atoms with E-state index in [0.29, 0.717) is 24.0 Å². The lowest BCUT2D eigenvalue weighted by atomic mass is 10.1. The Morgan fingerprint density at radius 2 is 1.81 bits per heavy atom. The molecule has 0 aliphatic carbocycles. The molecule has 1 aliphatic heterocycles. The van der Waals surface area contributed by atoms with Crippen molar-refractivity contribution >= 4 is 21.9 Å². The Balaban J connectivity index is 2.32. The van der Waals surface area contributed by atoms with Crippen molar-refractivity contribution in [3.63, 3.8) is 0 Å². The van der Waals surface area contributed by atoms with Crippen molar-refractivity contribution in [2.75, 3.05) is 20.1 Å². The summed E-state index contributed by atoms with van der Waals surface area (Å²) in [5.74, 6) is -1.35. The van der Waals surface area contributed by atoms with Gasteiger partial charge in [-0.1, -0.05) is 17.7 Å². The van der Waals surface area contributed by atoms with Crippen LogP contribution in [0.3, 0.4) is 0 Å². The van der Waals surface area contributed by atoms with Crippen LogP contribution in [0.15, 0.2) is 17.0 Å². The minimum absolute atomic E-state index is 0.0567. The summed E-state index contributed by atoms with van der Waals surface area (Å²) in [6.45, 7) is 5.78. The standard InChI is InChI=1S/C18H26N2O5S/c1-12-10-13(2)17(14(3)11-12)26(24,25)20-8-5-6-15(20)18(23)19(4)9-7-16(21)22/h10-11,15H,5-9H2,1-4H3,(H,21,22). The van der Waals surface area contributed by atoms with Crippen LogP contribution < -0.4 is 0 Å². The fraction of sp³-hybridized carbons (Fsp3) is 0.556. The molecule has 1 atom stereocenters. The van der Waals surface area contributed by atoms with Gasteiger partial charge in [0.1, 0.15) is 6.04 Å². The topological polar surface area (TPSA) is 95.0 Å². The van der Waals surface area contributed by atoms with Gasteiger partial charge in [0.25, 0.3) is 0 Å². The molecule has 1 aliphatic rings. The maximum Gasteiger partial charge on any atom is 0.305 e. The van der Waals surface area contributed by atoms with Gasteiger partial charge < -0.3 is 10.0 Å². The molecule has 1 unspecified atom stereocenters. The summed E-state index contributed by atoms with van der Waals surface area (Å²) >= 11 is 0. The number of amides is 1. The Hall–Kier alpha value is -1.93. The molecule has 7 nitrogen and oxygen atoms in total. The Morgan fingerprint density at radius 1 is 1.23 bits per heavy atom. The number of rotatable bonds is 6. The van der Waals surface area contributed by atoms with Crippen LogP contribution in [0.5, 0.6) is 0 Å². The van der Waals surface area contributed by atoms with Gasteiger partial charge in [0.05, 0.1) is 11.3 Å². The zero-order valence-corrected chi connectivity index (χ0v) is 16.5. The molecule has 0 bridgehead atoms. The average molecular weight is 382 g/mol. The number of likely N-dealkylation sites (N-methyl/N-ethyl adjacent to an activating group) is 1. The zero-order valence-electron chi connectivity index (χ0n) is 15.7. The third kappa shape index (κ3) is 4.07. The van der Waals surface area contributed by atoms with E-state index in [1.165, 1.54) is 16.3 Å². The monoisotopic (exact) mass is 382 g/mol. The second-order valence-electron chi connectivity index (χ2n) is 6.91. The fourth-order valence-electron chi connectivity index (χ4n) is 3.59. The predicted molar refractivity (Wildman–Crippen MR) is 97.5 cm³/mol. The Bertz CT molecular complexity index is 796. The molecule has 0 aromatic heterocycles. The molecule has 1 aromatic rings. The van der Waals surface area contributed by atoms with Crippen LogP contribution >= 0.6 is 0 Å². The summed E-state index contributed by atoms with van der Waals surface area (Å²) in [5, 5.41) is 8.78. The van der Waals surface area contributed by atoms with Crippen molar-refractivity contribution in [1.29, 1.82) is 0 Å². The third-order valence-electron chi connectivity index (χ3n) is 4.70. The molecule has 0 saturated carbocycles. The van der Waals surface area contributed by atoms with Crippen molar-refractivity contribution < 1.29 is 23.1 Å². The summed E-state index contributed by atoms with van der Waals surface area (Å²) in [6, 6.07) is 2.87. The predicted octanol–water partition coefficient (Wildman–Crippen LogP) is 1.70. The number of hydrogen-bond donors (Lipinski definition) is 1. The molecule has 0 spiro atoms. The van der Waals surface area contributed by atoms with Gasteiger partial charge in [-0.15, -0.1) is 0 Å². The fourth-order valence-corrected chi connectivity index (χ4v) is 5.66. The molecular weight excluding hydrogens is 356 g/mol. The molecule has 2 rings (SSSR count). The molecule has 1 saturated heterocycles. The second-order valence-corrected chi connectivity index (χ2v) is 8.73. The number of nitrogens with zero attached hydrogens (tertiary/aromatic N) is 2. The smallest absolute Gasteiger partial charge is 0.305 e. The number of sulfonamides is 1. The molecule has 1 aromatic carbocycles. The lowest BCUT2D eigenvalue weighted by Crippen LogP contribution is -2.47. The molecular formula is C18H26N2O5S. The van der Waals surface area contributed by atoms with E-state index in [1.807, 2.05) is 19.1 Å². The molecule has 1 heterocycles. The van der Waals surface area contributed by atoms with Crippen LogP contribution in [0.25, 0.3) is 0 Å². The van der Waals surface area contributed by atoms with Gasteiger partial charge >= 0.3 is 5.97 Å². The van der Waals surface area contributed by atoms with E-state index in [-0.39, 0.29) is 30.3 Å². The van der Waals surface area contributed by atoms with E-state index in [1.54, 1.807) is 13.8 Å². The van der Waals surface area contributed by atoms with Gasteiger partial charge in [-0.2, -0.15) is 4.31 Å². The van der Waals surface area contributed by atoms with Crippen LogP contribution in [0.2, 0.25) is 0 Å². The first-order valence-corrected chi connectivity index (χ1v) is 10.1. The molecule has 26 heavy (non-hydrogen) atoms. The number of hydrogen-bond acceptors (Lipinski definition) is 4. The van der Waals surface area contributed by atoms with Crippen molar-refractivity contribution in [3.05, 3.63) is 28.8 Å². The molecule has 8 heteroatoms. The summed E-state index contributed by atoms with van der Waals surface area (Å²) in [6.07, 6.45) is 0.879. The molecule has 0 radical (unpaired) electrons. The third-order valence-corrected chi connectivity index (χ3v) is 6.91. The van der Waals surface area contributed by atoms with Gasteiger partial charge in [0.15, 0.2) is 0 Å². The van der Waals surface area contributed by atoms with Crippen LogP contribution in [-0.4, -0.2) is 60.8 Å². The normalized spacial score (nSPS) is 18.1. The Kier molecular flexibility index (Phi) is 6.08. The summed E-state index contributed by atoms with van der Waals surface area (Å²) in [5.41, 5.74) is 2.32. The SMILES string of the molecule is Cc1cc(C)c(S(=O)(=O)N2CCCC2C(=O)N(C)CCC(=O)O)c(C)c1. The highest BCUT2D eigenvalue weighted by Crippen LogP contribution is 2.31. The number of carboxylic acid groups (broad SMARTS) is 1. The molecule has 1 amide bonds. The lowest BCUT2D eigenvalue weighted by molar-refractivity contribution is -0.138. The zero-order chi connectivity index (χ0) is 19.6. The second kappa shape index (κ2) is 7.75. The maximum atomic E-state index is 13.3. The van der Waals surface area contributed by atoms with Crippen molar-refractivity contribution in [2.45, 2.75) is 51.0 Å². The lowest BCUT2D eigenvalue weighted by Gasteiger charge is -2.28. The molecule has 144 valence electrons. The molecule has 1 N–H and O–H groups in total. The highest BCUT2D eigenvalue weighted by atomic mass is 32.2. The minimum Gasteiger partial charge on any atom is -0.481 e. The van der Waals surface area contributed by atoms with E-state index in [4.69, 9.17) is 5.11 Å². The quantitative estimate of drug-likeness (QED) is 0.808. The first-order valence-electron chi connectivity index (χ1n) is 8.62. The minimum atomic E-state index is -3.81. The summed E-state index contributed by atoms with van der Waals surface area (Å²) in [4.78, 5) is 25.0. The van der Waals surface area contributed by atoms with Gasteiger partial charge in [-0.3, -0.25) is 9.59 Å². The number of benzene rings is 1. The van der Waals surface area contributed by atoms with Crippen molar-refractivity contribution in [1.82, 2.24) is 9.21 Å².